The molecule has 0 spiro atoms. The lowest BCUT2D eigenvalue weighted by atomic mass is 9.96. The molecule has 0 atom stereocenters. The van der Waals surface area contributed by atoms with Crippen LogP contribution in [0.25, 0.3) is 44.2 Å². The van der Waals surface area contributed by atoms with E-state index < -0.39 is 0 Å². The number of anilines is 3. The van der Waals surface area contributed by atoms with E-state index >= 15 is 0 Å². The smallest absolute Gasteiger partial charge is 0.0546 e. The molecule has 41 heavy (non-hydrogen) atoms. The number of rotatable bonds is 6. The average Bonchev–Trinajstić information content (AvgIpc) is 3.06. The Labute approximate surface area is 241 Å². The fourth-order valence-corrected chi connectivity index (χ4v) is 5.66. The van der Waals surface area contributed by atoms with Crippen molar-refractivity contribution in [2.75, 3.05) is 4.90 Å². The molecule has 0 amide bonds. The zero-order valence-electron chi connectivity index (χ0n) is 22.7. The summed E-state index contributed by atoms with van der Waals surface area (Å²) in [6.45, 7) is 0. The van der Waals surface area contributed by atoms with E-state index in [1.54, 1.807) is 0 Å². The van der Waals surface area contributed by atoms with Crippen LogP contribution in [0.5, 0.6) is 0 Å². The van der Waals surface area contributed by atoms with Gasteiger partial charge in [0.15, 0.2) is 0 Å². The Morgan fingerprint density at radius 3 is 1.20 bits per heavy atom. The van der Waals surface area contributed by atoms with Gasteiger partial charge in [-0.3, -0.25) is 0 Å². The second-order valence-corrected chi connectivity index (χ2v) is 10.2. The van der Waals surface area contributed by atoms with E-state index in [4.69, 9.17) is 0 Å². The molecule has 0 radical (unpaired) electrons. The third-order valence-electron chi connectivity index (χ3n) is 7.67. The van der Waals surface area contributed by atoms with Crippen LogP contribution in [-0.2, 0) is 0 Å². The molecule has 7 aromatic rings. The van der Waals surface area contributed by atoms with Gasteiger partial charge >= 0.3 is 0 Å². The average molecular weight is 524 g/mol. The van der Waals surface area contributed by atoms with Crippen LogP contribution in [-0.4, -0.2) is 0 Å². The molecule has 194 valence electrons. The Hall–Kier alpha value is -5.40. The van der Waals surface area contributed by atoms with Gasteiger partial charge in [-0.25, -0.2) is 0 Å². The second-order valence-electron chi connectivity index (χ2n) is 10.2. The molecule has 0 N–H and O–H groups in total. The Morgan fingerprint density at radius 1 is 0.293 bits per heavy atom. The summed E-state index contributed by atoms with van der Waals surface area (Å²) in [5.74, 6) is 0. The van der Waals surface area contributed by atoms with Crippen LogP contribution in [0.15, 0.2) is 176 Å². The molecule has 7 aromatic carbocycles. The molecule has 0 saturated heterocycles. The molecule has 1 heteroatoms. The minimum Gasteiger partial charge on any atom is -0.310 e. The molecule has 0 unspecified atom stereocenters. The summed E-state index contributed by atoms with van der Waals surface area (Å²) < 4.78 is 0. The second kappa shape index (κ2) is 11.0. The highest BCUT2D eigenvalue weighted by molar-refractivity contribution is 6.07. The van der Waals surface area contributed by atoms with Crippen molar-refractivity contribution in [3.05, 3.63) is 176 Å². The third-order valence-corrected chi connectivity index (χ3v) is 7.67. The van der Waals surface area contributed by atoms with Crippen molar-refractivity contribution in [1.82, 2.24) is 0 Å². The Bertz CT molecular complexity index is 1800. The van der Waals surface area contributed by atoms with Crippen LogP contribution in [0.1, 0.15) is 0 Å². The standard InChI is InChI=1S/C40H29N/c1-4-12-30(13-5-1)32-22-26-36(27-23-32)41(37-28-24-33(25-29-37)31-14-6-2-7-15-31)39-21-11-19-35-18-10-20-38(40(35)39)34-16-8-3-9-17-34/h1-29H. The molecule has 0 aromatic heterocycles. The first kappa shape index (κ1) is 24.6. The van der Waals surface area contributed by atoms with Crippen LogP contribution in [0.3, 0.4) is 0 Å². The van der Waals surface area contributed by atoms with E-state index in [9.17, 15) is 0 Å². The molecule has 0 saturated carbocycles. The Balaban J connectivity index is 1.41. The van der Waals surface area contributed by atoms with Gasteiger partial charge in [0.05, 0.1) is 5.69 Å². The first-order valence-corrected chi connectivity index (χ1v) is 14.0. The fourth-order valence-electron chi connectivity index (χ4n) is 5.66. The molecule has 0 fully saturated rings. The van der Waals surface area contributed by atoms with Crippen LogP contribution in [0.2, 0.25) is 0 Å². The maximum absolute atomic E-state index is 2.39. The zero-order valence-corrected chi connectivity index (χ0v) is 22.7. The number of nitrogens with zero attached hydrogens (tertiary/aromatic N) is 1. The molecule has 0 aliphatic carbocycles. The monoisotopic (exact) mass is 523 g/mol. The summed E-state index contributed by atoms with van der Waals surface area (Å²) in [5.41, 5.74) is 10.7. The molecule has 0 heterocycles. The number of fused-ring (bicyclic) bond motifs is 1. The van der Waals surface area contributed by atoms with E-state index in [-0.39, 0.29) is 0 Å². The van der Waals surface area contributed by atoms with Crippen LogP contribution >= 0.6 is 0 Å². The third kappa shape index (κ3) is 4.90. The van der Waals surface area contributed by atoms with Gasteiger partial charge in [0.2, 0.25) is 0 Å². The SMILES string of the molecule is c1ccc(-c2ccc(N(c3ccc(-c4ccccc4)cc3)c3cccc4cccc(-c5ccccc5)c34)cc2)cc1. The highest BCUT2D eigenvalue weighted by Crippen LogP contribution is 2.43. The summed E-state index contributed by atoms with van der Waals surface area (Å²) in [6.07, 6.45) is 0. The van der Waals surface area contributed by atoms with E-state index in [1.807, 2.05) is 0 Å². The van der Waals surface area contributed by atoms with Crippen molar-refractivity contribution in [2.45, 2.75) is 0 Å². The van der Waals surface area contributed by atoms with Gasteiger partial charge in [0.1, 0.15) is 0 Å². The summed E-state index contributed by atoms with van der Waals surface area (Å²) >= 11 is 0. The maximum Gasteiger partial charge on any atom is 0.0546 e. The van der Waals surface area contributed by atoms with Crippen molar-refractivity contribution in [2.24, 2.45) is 0 Å². The lowest BCUT2D eigenvalue weighted by Gasteiger charge is -2.28. The minimum absolute atomic E-state index is 1.12. The molecule has 0 aliphatic rings. The normalized spacial score (nSPS) is 10.9. The van der Waals surface area contributed by atoms with Crippen LogP contribution in [0, 0.1) is 0 Å². The largest absolute Gasteiger partial charge is 0.310 e. The molecule has 7 rings (SSSR count). The van der Waals surface area contributed by atoms with Gasteiger partial charge in [0, 0.05) is 16.8 Å². The topological polar surface area (TPSA) is 3.24 Å². The van der Waals surface area contributed by atoms with Crippen molar-refractivity contribution >= 4 is 27.8 Å². The number of benzene rings is 7. The molecular formula is C40H29N. The first-order valence-electron chi connectivity index (χ1n) is 14.0. The van der Waals surface area contributed by atoms with Gasteiger partial charge in [-0.1, -0.05) is 146 Å². The summed E-state index contributed by atoms with van der Waals surface area (Å²) in [7, 11) is 0. The van der Waals surface area contributed by atoms with E-state index in [2.05, 4.69) is 181 Å². The van der Waals surface area contributed by atoms with Crippen molar-refractivity contribution in [3.8, 4) is 33.4 Å². The van der Waals surface area contributed by atoms with Gasteiger partial charge in [-0.15, -0.1) is 0 Å². The predicted molar refractivity (Wildman–Crippen MR) is 175 cm³/mol. The summed E-state index contributed by atoms with van der Waals surface area (Å²) in [5, 5.41) is 2.45. The number of hydrogen-bond donors (Lipinski definition) is 0. The molecule has 0 bridgehead atoms. The zero-order chi connectivity index (χ0) is 27.4. The van der Waals surface area contributed by atoms with Crippen molar-refractivity contribution < 1.29 is 0 Å². The quantitative estimate of drug-likeness (QED) is 0.209. The van der Waals surface area contributed by atoms with Crippen molar-refractivity contribution in [3.63, 3.8) is 0 Å². The van der Waals surface area contributed by atoms with Gasteiger partial charge in [-0.2, -0.15) is 0 Å². The maximum atomic E-state index is 2.39. The van der Waals surface area contributed by atoms with Gasteiger partial charge in [0.25, 0.3) is 0 Å². The lowest BCUT2D eigenvalue weighted by molar-refractivity contribution is 1.30. The highest BCUT2D eigenvalue weighted by atomic mass is 15.1. The number of hydrogen-bond acceptors (Lipinski definition) is 1. The van der Waals surface area contributed by atoms with Gasteiger partial charge < -0.3 is 4.90 Å². The van der Waals surface area contributed by atoms with E-state index in [0.717, 1.165) is 17.1 Å². The minimum atomic E-state index is 1.12. The Morgan fingerprint density at radius 2 is 0.707 bits per heavy atom. The molecule has 1 nitrogen and oxygen atoms in total. The first-order chi connectivity index (χ1) is 20.3. The van der Waals surface area contributed by atoms with E-state index in [0.29, 0.717) is 0 Å². The van der Waals surface area contributed by atoms with Crippen LogP contribution in [0.4, 0.5) is 17.1 Å². The Kier molecular flexibility index (Phi) is 6.61. The molecular weight excluding hydrogens is 494 g/mol. The predicted octanol–water partition coefficient (Wildman–Crippen LogP) is 11.3. The van der Waals surface area contributed by atoms with Crippen molar-refractivity contribution in [1.29, 1.82) is 0 Å². The fraction of sp³-hybridized carbons (Fsp3) is 0. The van der Waals surface area contributed by atoms with Gasteiger partial charge in [-0.05, 0) is 69.1 Å². The van der Waals surface area contributed by atoms with Crippen LogP contribution < -0.4 is 4.90 Å². The lowest BCUT2D eigenvalue weighted by Crippen LogP contribution is -2.10. The van der Waals surface area contributed by atoms with E-state index in [1.165, 1.54) is 44.2 Å². The molecule has 0 aliphatic heterocycles. The summed E-state index contributed by atoms with van der Waals surface area (Å²) in [6, 6.07) is 62.8. The summed E-state index contributed by atoms with van der Waals surface area (Å²) in [4.78, 5) is 2.39. The highest BCUT2D eigenvalue weighted by Gasteiger charge is 2.18.